The van der Waals surface area contributed by atoms with Crippen molar-refractivity contribution in [2.45, 2.75) is 29.5 Å². The molecular formula is C18H15N3O4S. The van der Waals surface area contributed by atoms with E-state index in [9.17, 15) is 19.5 Å². The highest BCUT2D eigenvalue weighted by molar-refractivity contribution is 8.01. The number of nitriles is 1. The molecule has 1 unspecified atom stereocenters. The van der Waals surface area contributed by atoms with E-state index in [4.69, 9.17) is 5.26 Å². The Morgan fingerprint density at radius 2 is 2.08 bits per heavy atom. The zero-order valence-corrected chi connectivity index (χ0v) is 14.4. The van der Waals surface area contributed by atoms with Gasteiger partial charge in [-0.3, -0.25) is 14.5 Å². The van der Waals surface area contributed by atoms with Crippen molar-refractivity contribution in [1.29, 1.82) is 5.26 Å². The number of fused-ring (bicyclic) bond motifs is 2. The Kier molecular flexibility index (Phi) is 3.96. The van der Waals surface area contributed by atoms with Crippen molar-refractivity contribution >= 4 is 29.5 Å². The molecule has 8 heteroatoms. The summed E-state index contributed by atoms with van der Waals surface area (Å²) >= 11 is 1.39. The maximum Gasteiger partial charge on any atom is 0.352 e. The van der Waals surface area contributed by atoms with Crippen molar-refractivity contribution in [1.82, 2.24) is 10.2 Å². The highest BCUT2D eigenvalue weighted by atomic mass is 32.2. The molecule has 0 bridgehead atoms. The Morgan fingerprint density at radius 1 is 1.35 bits per heavy atom. The number of benzene rings is 1. The van der Waals surface area contributed by atoms with Gasteiger partial charge in [-0.05, 0) is 17.6 Å². The minimum absolute atomic E-state index is 0.0104. The highest BCUT2D eigenvalue weighted by Crippen LogP contribution is 2.54. The molecule has 132 valence electrons. The average Bonchev–Trinajstić information content (AvgIpc) is 2.61. The molecule has 3 aliphatic rings. The highest BCUT2D eigenvalue weighted by Gasteiger charge is 2.59. The Hall–Kier alpha value is -2.79. The molecule has 1 aromatic carbocycles. The van der Waals surface area contributed by atoms with Gasteiger partial charge in [-0.1, -0.05) is 30.3 Å². The van der Waals surface area contributed by atoms with Crippen LogP contribution in [0.25, 0.3) is 0 Å². The normalized spacial score (nSPS) is 28.9. The molecule has 1 aromatic rings. The summed E-state index contributed by atoms with van der Waals surface area (Å²) in [5, 5.41) is 20.7. The fourth-order valence-electron chi connectivity index (χ4n) is 3.59. The lowest BCUT2D eigenvalue weighted by atomic mass is 9.78. The predicted molar refractivity (Wildman–Crippen MR) is 92.5 cm³/mol. The number of hydrogen-bond donors (Lipinski definition) is 2. The topological polar surface area (TPSA) is 110 Å². The van der Waals surface area contributed by atoms with Crippen LogP contribution in [0.3, 0.4) is 0 Å². The van der Waals surface area contributed by atoms with E-state index in [2.05, 4.69) is 11.4 Å². The van der Waals surface area contributed by atoms with Crippen molar-refractivity contribution in [2.75, 3.05) is 0 Å². The molecule has 4 rings (SSSR count). The van der Waals surface area contributed by atoms with E-state index in [0.717, 1.165) is 5.56 Å². The van der Waals surface area contributed by atoms with Gasteiger partial charge in [-0.15, -0.1) is 11.8 Å². The molecule has 26 heavy (non-hydrogen) atoms. The van der Waals surface area contributed by atoms with Crippen molar-refractivity contribution < 1.29 is 19.5 Å². The number of amides is 2. The minimum atomic E-state index is -1.16. The minimum Gasteiger partial charge on any atom is -0.477 e. The van der Waals surface area contributed by atoms with Crippen molar-refractivity contribution in [3.05, 3.63) is 47.2 Å². The molecule has 2 fully saturated rings. The van der Waals surface area contributed by atoms with Gasteiger partial charge in [0.25, 0.3) is 5.91 Å². The van der Waals surface area contributed by atoms with Gasteiger partial charge in [-0.25, -0.2) is 4.79 Å². The van der Waals surface area contributed by atoms with Gasteiger partial charge in [0.1, 0.15) is 17.1 Å². The molecule has 7 nitrogen and oxygen atoms in total. The number of thioether (sulfide) groups is 1. The van der Waals surface area contributed by atoms with Crippen molar-refractivity contribution in [2.24, 2.45) is 5.92 Å². The van der Waals surface area contributed by atoms with Gasteiger partial charge in [0, 0.05) is 5.25 Å². The molecule has 0 aromatic heterocycles. The van der Waals surface area contributed by atoms with E-state index in [1.54, 1.807) is 0 Å². The van der Waals surface area contributed by atoms with E-state index >= 15 is 0 Å². The van der Waals surface area contributed by atoms with Crippen LogP contribution in [0, 0.1) is 17.2 Å². The number of nitrogens with zero attached hydrogens (tertiary/aromatic N) is 2. The Labute approximate surface area is 153 Å². The lowest BCUT2D eigenvalue weighted by Gasteiger charge is -2.55. The number of nitrogens with one attached hydrogen (secondary N) is 1. The first-order chi connectivity index (χ1) is 12.5. The van der Waals surface area contributed by atoms with Gasteiger partial charge in [0.2, 0.25) is 5.91 Å². The van der Waals surface area contributed by atoms with Crippen LogP contribution < -0.4 is 5.32 Å². The fraction of sp³-hybridized carbons (Fsp3) is 0.333. The number of hydrogen-bond acceptors (Lipinski definition) is 5. The average molecular weight is 369 g/mol. The largest absolute Gasteiger partial charge is 0.477 e. The molecule has 4 atom stereocenters. The predicted octanol–water partition coefficient (Wildman–Crippen LogP) is 0.880. The third-order valence-corrected chi connectivity index (χ3v) is 6.58. The van der Waals surface area contributed by atoms with Gasteiger partial charge in [-0.2, -0.15) is 5.26 Å². The molecule has 1 saturated heterocycles. The van der Waals surface area contributed by atoms with Crippen LogP contribution in [0.2, 0.25) is 0 Å². The van der Waals surface area contributed by atoms with E-state index in [-0.39, 0.29) is 29.2 Å². The van der Waals surface area contributed by atoms with Crippen LogP contribution in [0.4, 0.5) is 0 Å². The zero-order chi connectivity index (χ0) is 18.4. The first-order valence-corrected chi connectivity index (χ1v) is 9.13. The molecule has 2 aliphatic heterocycles. The number of rotatable bonds is 4. The second kappa shape index (κ2) is 6.18. The Bertz CT molecular complexity index is 876. The summed E-state index contributed by atoms with van der Waals surface area (Å²) in [5.41, 5.74) is 1.47. The second-order valence-corrected chi connectivity index (χ2v) is 7.74. The maximum atomic E-state index is 12.5. The SMILES string of the molecule is N#CC1CC2=C(C(=O)O)N3C(=O)[C@@H](NC(=O)Cc4ccccc4)[C@H]3S[C@H]21. The monoisotopic (exact) mass is 369 g/mol. The fourth-order valence-corrected chi connectivity index (χ4v) is 5.28. The lowest BCUT2D eigenvalue weighted by molar-refractivity contribution is -0.151. The van der Waals surface area contributed by atoms with E-state index in [1.165, 1.54) is 16.7 Å². The standard InChI is InChI=1S/C18H15N3O4S/c19-8-10-7-11-14(18(24)25)21-16(23)13(17(21)26-15(10)11)20-12(22)6-9-4-2-1-3-5-9/h1-5,10,13,15,17H,6-7H2,(H,20,22)(H,24,25)/t10?,13-,15+,17-/m1/s1. The summed E-state index contributed by atoms with van der Waals surface area (Å²) in [5.74, 6) is -2.10. The number of carbonyl (C=O) groups excluding carboxylic acids is 2. The first-order valence-electron chi connectivity index (χ1n) is 8.19. The van der Waals surface area contributed by atoms with Crippen LogP contribution in [-0.2, 0) is 20.8 Å². The third kappa shape index (κ3) is 2.47. The number of carbonyl (C=O) groups is 3. The quantitative estimate of drug-likeness (QED) is 0.763. The zero-order valence-electron chi connectivity index (χ0n) is 13.6. The maximum absolute atomic E-state index is 12.5. The Balaban J connectivity index is 1.50. The molecular weight excluding hydrogens is 354 g/mol. The number of aliphatic carboxylic acids is 1. The molecule has 2 amide bonds. The summed E-state index contributed by atoms with van der Waals surface area (Å²) in [6.45, 7) is 0. The van der Waals surface area contributed by atoms with Gasteiger partial charge >= 0.3 is 5.97 Å². The molecule has 1 aliphatic carbocycles. The van der Waals surface area contributed by atoms with Crippen molar-refractivity contribution in [3.63, 3.8) is 0 Å². The van der Waals surface area contributed by atoms with Crippen LogP contribution in [0.1, 0.15) is 12.0 Å². The van der Waals surface area contributed by atoms with E-state index in [0.29, 0.717) is 12.0 Å². The Morgan fingerprint density at radius 3 is 2.73 bits per heavy atom. The third-order valence-electron chi connectivity index (χ3n) is 4.92. The van der Waals surface area contributed by atoms with Gasteiger partial charge in [0.05, 0.1) is 18.4 Å². The van der Waals surface area contributed by atoms with Gasteiger partial charge in [0.15, 0.2) is 0 Å². The summed E-state index contributed by atoms with van der Waals surface area (Å²) in [6.07, 6.45) is 0.538. The lowest BCUT2D eigenvalue weighted by Crippen LogP contribution is -2.72. The number of β-lactam (4-membered cyclic amide) rings is 1. The van der Waals surface area contributed by atoms with E-state index in [1.807, 2.05) is 30.3 Å². The summed E-state index contributed by atoms with van der Waals surface area (Å²) in [7, 11) is 0. The van der Waals surface area contributed by atoms with Crippen LogP contribution in [-0.4, -0.2) is 44.5 Å². The van der Waals surface area contributed by atoms with Crippen molar-refractivity contribution in [3.8, 4) is 6.07 Å². The molecule has 0 spiro atoms. The number of carboxylic acids is 1. The summed E-state index contributed by atoms with van der Waals surface area (Å²) < 4.78 is 0. The molecule has 2 N–H and O–H groups in total. The van der Waals surface area contributed by atoms with E-state index < -0.39 is 23.3 Å². The summed E-state index contributed by atoms with van der Waals surface area (Å²) in [4.78, 5) is 37.6. The van der Waals surface area contributed by atoms with Crippen LogP contribution in [0.15, 0.2) is 41.6 Å². The molecule has 1 saturated carbocycles. The smallest absolute Gasteiger partial charge is 0.352 e. The summed E-state index contributed by atoms with van der Waals surface area (Å²) in [6, 6.07) is 10.6. The van der Waals surface area contributed by atoms with Gasteiger partial charge < -0.3 is 10.4 Å². The first kappa shape index (κ1) is 16.7. The molecule has 2 heterocycles. The second-order valence-electron chi connectivity index (χ2n) is 6.48. The van der Waals surface area contributed by atoms with Crippen LogP contribution in [0.5, 0.6) is 0 Å². The number of carboxylic acid groups (broad SMARTS) is 1. The van der Waals surface area contributed by atoms with Crippen LogP contribution >= 0.6 is 11.8 Å². The molecule has 0 radical (unpaired) electrons.